The van der Waals surface area contributed by atoms with E-state index in [4.69, 9.17) is 16.0 Å². The van der Waals surface area contributed by atoms with Crippen molar-refractivity contribution in [3.05, 3.63) is 17.3 Å². The number of halogens is 1. The average molecular weight is 146 g/mol. The number of nitrogens with zero attached hydrogens (tertiary/aromatic N) is 1. The van der Waals surface area contributed by atoms with Gasteiger partial charge < -0.3 is 4.42 Å². The third-order valence-corrected chi connectivity index (χ3v) is 1.36. The first-order valence-corrected chi connectivity index (χ1v) is 3.18. The minimum Gasteiger partial charge on any atom is -0.447 e. The van der Waals surface area contributed by atoms with Crippen molar-refractivity contribution in [2.45, 2.75) is 19.8 Å². The third kappa shape index (κ3) is 1.24. The lowest BCUT2D eigenvalue weighted by Gasteiger charge is -1.96. The van der Waals surface area contributed by atoms with Gasteiger partial charge in [-0.05, 0) is 0 Å². The van der Waals surface area contributed by atoms with Gasteiger partial charge in [-0.25, -0.2) is 4.98 Å². The molecule has 2 nitrogen and oxygen atoms in total. The van der Waals surface area contributed by atoms with Crippen molar-refractivity contribution in [1.29, 1.82) is 0 Å². The lowest BCUT2D eigenvalue weighted by Crippen LogP contribution is -1.82. The number of aromatic nitrogens is 1. The Kier molecular flexibility index (Phi) is 1.76. The summed E-state index contributed by atoms with van der Waals surface area (Å²) in [7, 11) is 0. The van der Waals surface area contributed by atoms with Gasteiger partial charge in [-0.15, -0.1) is 0 Å². The molecule has 0 spiro atoms. The van der Waals surface area contributed by atoms with Crippen molar-refractivity contribution in [3.63, 3.8) is 0 Å². The third-order valence-electron chi connectivity index (χ3n) is 1.07. The SMILES string of the molecule is CC(C)c1ocnc1Cl. The maximum absolute atomic E-state index is 5.63. The smallest absolute Gasteiger partial charge is 0.182 e. The maximum atomic E-state index is 5.63. The van der Waals surface area contributed by atoms with Gasteiger partial charge in [0, 0.05) is 5.92 Å². The van der Waals surface area contributed by atoms with Crippen molar-refractivity contribution in [2.75, 3.05) is 0 Å². The molecule has 0 atom stereocenters. The van der Waals surface area contributed by atoms with E-state index >= 15 is 0 Å². The zero-order valence-electron chi connectivity index (χ0n) is 5.39. The van der Waals surface area contributed by atoms with Crippen LogP contribution in [-0.4, -0.2) is 4.98 Å². The maximum Gasteiger partial charge on any atom is 0.182 e. The van der Waals surface area contributed by atoms with E-state index < -0.39 is 0 Å². The Morgan fingerprint density at radius 2 is 2.33 bits per heavy atom. The molecule has 1 aromatic heterocycles. The van der Waals surface area contributed by atoms with E-state index in [0.29, 0.717) is 11.1 Å². The summed E-state index contributed by atoms with van der Waals surface area (Å²) < 4.78 is 4.98. The second-order valence-corrected chi connectivity index (χ2v) is 2.52. The van der Waals surface area contributed by atoms with Gasteiger partial charge in [-0.3, -0.25) is 0 Å². The molecule has 0 aliphatic carbocycles. The number of rotatable bonds is 1. The van der Waals surface area contributed by atoms with Gasteiger partial charge in [-0.1, -0.05) is 25.4 Å². The van der Waals surface area contributed by atoms with E-state index in [1.165, 1.54) is 6.39 Å². The first-order chi connectivity index (χ1) is 4.22. The number of oxazole rings is 1. The summed E-state index contributed by atoms with van der Waals surface area (Å²) in [6, 6.07) is 0. The van der Waals surface area contributed by atoms with Crippen molar-refractivity contribution in [2.24, 2.45) is 0 Å². The van der Waals surface area contributed by atoms with Crippen LogP contribution in [0.3, 0.4) is 0 Å². The fourth-order valence-corrected chi connectivity index (χ4v) is 0.919. The fourth-order valence-electron chi connectivity index (χ4n) is 0.616. The average Bonchev–Trinajstić information content (AvgIpc) is 2.13. The molecule has 50 valence electrons. The van der Waals surface area contributed by atoms with Crippen LogP contribution < -0.4 is 0 Å². The molecular weight excluding hydrogens is 138 g/mol. The van der Waals surface area contributed by atoms with Crippen LogP contribution in [0.25, 0.3) is 0 Å². The van der Waals surface area contributed by atoms with Crippen LogP contribution in [0.5, 0.6) is 0 Å². The predicted molar refractivity (Wildman–Crippen MR) is 35.6 cm³/mol. The minimum atomic E-state index is 0.319. The van der Waals surface area contributed by atoms with Crippen LogP contribution in [0.15, 0.2) is 10.8 Å². The zero-order chi connectivity index (χ0) is 6.85. The highest BCUT2D eigenvalue weighted by Crippen LogP contribution is 2.21. The van der Waals surface area contributed by atoms with Crippen LogP contribution in [-0.2, 0) is 0 Å². The Labute approximate surface area is 58.8 Å². The summed E-state index contributed by atoms with van der Waals surface area (Å²) in [6.45, 7) is 4.01. The van der Waals surface area contributed by atoms with E-state index in [-0.39, 0.29) is 0 Å². The van der Waals surface area contributed by atoms with Crippen molar-refractivity contribution in [3.8, 4) is 0 Å². The molecule has 0 radical (unpaired) electrons. The molecule has 0 aliphatic rings. The molecule has 0 saturated heterocycles. The van der Waals surface area contributed by atoms with Gasteiger partial charge in [0.1, 0.15) is 5.76 Å². The molecule has 9 heavy (non-hydrogen) atoms. The first kappa shape index (κ1) is 6.62. The standard InChI is InChI=1S/C6H8ClNO/c1-4(2)5-6(7)8-3-9-5/h3-4H,1-2H3. The van der Waals surface area contributed by atoms with Crippen LogP contribution in [0.2, 0.25) is 5.15 Å². The normalized spacial score (nSPS) is 10.7. The highest BCUT2D eigenvalue weighted by Gasteiger charge is 2.08. The molecule has 0 aromatic carbocycles. The monoisotopic (exact) mass is 145 g/mol. The van der Waals surface area contributed by atoms with Gasteiger partial charge in [0.05, 0.1) is 0 Å². The lowest BCUT2D eigenvalue weighted by molar-refractivity contribution is 0.482. The van der Waals surface area contributed by atoms with Gasteiger partial charge in [-0.2, -0.15) is 0 Å². The van der Waals surface area contributed by atoms with E-state index in [2.05, 4.69) is 4.98 Å². The number of hydrogen-bond donors (Lipinski definition) is 0. The van der Waals surface area contributed by atoms with E-state index in [1.54, 1.807) is 0 Å². The van der Waals surface area contributed by atoms with Gasteiger partial charge in [0.15, 0.2) is 11.5 Å². The summed E-state index contributed by atoms with van der Waals surface area (Å²) in [4.78, 5) is 3.74. The Hall–Kier alpha value is -0.500. The largest absolute Gasteiger partial charge is 0.447 e. The Morgan fingerprint density at radius 3 is 2.56 bits per heavy atom. The molecule has 0 N–H and O–H groups in total. The Balaban J connectivity index is 2.94. The van der Waals surface area contributed by atoms with Crippen LogP contribution in [0.1, 0.15) is 25.5 Å². The molecule has 1 aromatic rings. The molecule has 1 rings (SSSR count). The quantitative estimate of drug-likeness (QED) is 0.607. The molecule has 0 amide bonds. The van der Waals surface area contributed by atoms with E-state index in [1.807, 2.05) is 13.8 Å². The van der Waals surface area contributed by atoms with Gasteiger partial charge in [0.25, 0.3) is 0 Å². The molecule has 1 heterocycles. The highest BCUT2D eigenvalue weighted by atomic mass is 35.5. The topological polar surface area (TPSA) is 26.0 Å². The molecule has 0 bridgehead atoms. The molecule has 0 unspecified atom stereocenters. The summed E-state index contributed by atoms with van der Waals surface area (Å²) in [5.41, 5.74) is 0. The summed E-state index contributed by atoms with van der Waals surface area (Å²) in [5.74, 6) is 1.08. The molecule has 0 saturated carbocycles. The van der Waals surface area contributed by atoms with Crippen LogP contribution in [0.4, 0.5) is 0 Å². The fraction of sp³-hybridized carbons (Fsp3) is 0.500. The first-order valence-electron chi connectivity index (χ1n) is 2.80. The molecule has 3 heteroatoms. The van der Waals surface area contributed by atoms with Gasteiger partial charge in [0.2, 0.25) is 0 Å². The zero-order valence-corrected chi connectivity index (χ0v) is 6.14. The van der Waals surface area contributed by atoms with Crippen LogP contribution >= 0.6 is 11.6 Å². The summed E-state index contributed by atoms with van der Waals surface area (Å²) >= 11 is 5.63. The summed E-state index contributed by atoms with van der Waals surface area (Å²) in [5, 5.41) is 0.477. The Morgan fingerprint density at radius 1 is 1.67 bits per heavy atom. The van der Waals surface area contributed by atoms with Crippen molar-refractivity contribution >= 4 is 11.6 Å². The van der Waals surface area contributed by atoms with Crippen LogP contribution in [0, 0.1) is 0 Å². The van der Waals surface area contributed by atoms with E-state index in [0.717, 1.165) is 5.76 Å². The summed E-state index contributed by atoms with van der Waals surface area (Å²) in [6.07, 6.45) is 1.36. The predicted octanol–water partition coefficient (Wildman–Crippen LogP) is 2.45. The molecule has 0 aliphatic heterocycles. The number of hydrogen-bond acceptors (Lipinski definition) is 2. The lowest BCUT2D eigenvalue weighted by atomic mass is 10.2. The van der Waals surface area contributed by atoms with Crippen molar-refractivity contribution in [1.82, 2.24) is 4.98 Å². The van der Waals surface area contributed by atoms with Gasteiger partial charge >= 0.3 is 0 Å². The second kappa shape index (κ2) is 2.40. The molecule has 0 fully saturated rings. The van der Waals surface area contributed by atoms with E-state index in [9.17, 15) is 0 Å². The molecular formula is C6H8ClNO. The second-order valence-electron chi connectivity index (χ2n) is 2.16. The minimum absolute atomic E-state index is 0.319. The van der Waals surface area contributed by atoms with Crippen molar-refractivity contribution < 1.29 is 4.42 Å². The highest BCUT2D eigenvalue weighted by molar-refractivity contribution is 6.30. The Bertz CT molecular complexity index is 195.